The first-order chi connectivity index (χ1) is 12.1. The van der Waals surface area contributed by atoms with Crippen molar-refractivity contribution in [2.45, 2.75) is 52.2 Å². The lowest BCUT2D eigenvalue weighted by atomic mass is 9.97. The molecule has 0 bridgehead atoms. The zero-order chi connectivity index (χ0) is 19.6. The van der Waals surface area contributed by atoms with Gasteiger partial charge in [0.25, 0.3) is 5.56 Å². The molecule has 1 unspecified atom stereocenters. The molecule has 1 aliphatic heterocycles. The monoisotopic (exact) mass is 366 g/mol. The van der Waals surface area contributed by atoms with Crippen LogP contribution in [0.25, 0.3) is 0 Å². The van der Waals surface area contributed by atoms with E-state index in [-0.39, 0.29) is 12.2 Å². The predicted molar refractivity (Wildman–Crippen MR) is 90.2 cm³/mol. The summed E-state index contributed by atoms with van der Waals surface area (Å²) in [6.07, 6.45) is -3.97. The summed E-state index contributed by atoms with van der Waals surface area (Å²) in [7, 11) is 0. The zero-order valence-electron chi connectivity index (χ0n) is 15.0. The third-order valence-corrected chi connectivity index (χ3v) is 3.83. The van der Waals surface area contributed by atoms with Crippen LogP contribution >= 0.6 is 0 Å². The number of hydrogen-bond acceptors (Lipinski definition) is 7. The van der Waals surface area contributed by atoms with E-state index in [0.29, 0.717) is 0 Å². The summed E-state index contributed by atoms with van der Waals surface area (Å²) in [4.78, 5) is 37.7. The number of carbonyl (C=O) groups excluding carboxylic acids is 1. The van der Waals surface area contributed by atoms with Gasteiger partial charge in [0, 0.05) is 6.20 Å². The lowest BCUT2D eigenvalue weighted by molar-refractivity contribution is -0.159. The first-order valence-corrected chi connectivity index (χ1v) is 8.03. The summed E-state index contributed by atoms with van der Waals surface area (Å²) in [5.74, 6) is 4.59. The zero-order valence-corrected chi connectivity index (χ0v) is 15.0. The molecule has 142 valence electrons. The molecular formula is C17H22N2O7. The molecule has 3 N–H and O–H groups in total. The predicted octanol–water partition coefficient (Wildman–Crippen LogP) is -0.883. The molecule has 9 nitrogen and oxygen atoms in total. The van der Waals surface area contributed by atoms with Gasteiger partial charge in [-0.25, -0.2) is 4.79 Å². The standard InChI is InChI=1S/C17H22N2O7/c1-5-6-9-7-19(16(24)18-13(9)22)14-12(21)11(20)10(26-14)8-25-15(23)17(2,3)4/h7,10-12,14,20-21H,8H2,1-4H3,(H,18,22,24)/t10-,11-,12+,14?/m1/s1. The number of carbonyl (C=O) groups is 1. The van der Waals surface area contributed by atoms with Gasteiger partial charge in [-0.3, -0.25) is 19.1 Å². The second kappa shape index (κ2) is 7.45. The van der Waals surface area contributed by atoms with Crippen LogP contribution in [0.5, 0.6) is 0 Å². The Morgan fingerprint density at radius 3 is 2.58 bits per heavy atom. The number of aliphatic hydroxyl groups is 2. The number of aromatic nitrogens is 2. The summed E-state index contributed by atoms with van der Waals surface area (Å²) in [6, 6.07) is 0. The van der Waals surface area contributed by atoms with Crippen molar-refractivity contribution >= 4 is 5.97 Å². The minimum absolute atomic E-state index is 0.0139. The van der Waals surface area contributed by atoms with Gasteiger partial charge >= 0.3 is 11.7 Å². The molecule has 0 saturated carbocycles. The maximum absolute atomic E-state index is 12.0. The quantitative estimate of drug-likeness (QED) is 0.467. The molecule has 1 aliphatic rings. The van der Waals surface area contributed by atoms with E-state index in [1.807, 2.05) is 0 Å². The van der Waals surface area contributed by atoms with E-state index in [9.17, 15) is 24.6 Å². The highest BCUT2D eigenvalue weighted by atomic mass is 16.6. The van der Waals surface area contributed by atoms with Crippen molar-refractivity contribution in [3.63, 3.8) is 0 Å². The van der Waals surface area contributed by atoms with Crippen LogP contribution in [0.2, 0.25) is 0 Å². The molecule has 2 rings (SSSR count). The molecular weight excluding hydrogens is 344 g/mol. The fourth-order valence-corrected chi connectivity index (χ4v) is 2.37. The van der Waals surface area contributed by atoms with Gasteiger partial charge in [0.05, 0.1) is 5.41 Å². The number of esters is 1. The highest BCUT2D eigenvalue weighted by Crippen LogP contribution is 2.29. The van der Waals surface area contributed by atoms with Crippen LogP contribution in [-0.2, 0) is 14.3 Å². The third-order valence-electron chi connectivity index (χ3n) is 3.83. The Balaban J connectivity index is 2.23. The Bertz CT molecular complexity index is 853. The van der Waals surface area contributed by atoms with E-state index in [1.165, 1.54) is 6.92 Å². The molecule has 0 spiro atoms. The van der Waals surface area contributed by atoms with Gasteiger partial charge in [0.1, 0.15) is 30.5 Å². The summed E-state index contributed by atoms with van der Waals surface area (Å²) in [5.41, 5.74) is -2.20. The molecule has 4 atom stereocenters. The van der Waals surface area contributed by atoms with Gasteiger partial charge in [0.2, 0.25) is 0 Å². The van der Waals surface area contributed by atoms with Gasteiger partial charge in [-0.1, -0.05) is 5.92 Å². The Morgan fingerprint density at radius 1 is 1.35 bits per heavy atom. The summed E-state index contributed by atoms with van der Waals surface area (Å²) < 4.78 is 11.6. The van der Waals surface area contributed by atoms with E-state index in [1.54, 1.807) is 20.8 Å². The molecule has 1 fully saturated rings. The van der Waals surface area contributed by atoms with Crippen LogP contribution in [0.15, 0.2) is 15.8 Å². The molecule has 0 aliphatic carbocycles. The van der Waals surface area contributed by atoms with Crippen molar-refractivity contribution in [1.82, 2.24) is 9.55 Å². The van der Waals surface area contributed by atoms with Gasteiger partial charge in [-0.15, -0.1) is 5.92 Å². The fourth-order valence-electron chi connectivity index (χ4n) is 2.37. The van der Waals surface area contributed by atoms with E-state index in [0.717, 1.165) is 10.8 Å². The first-order valence-electron chi connectivity index (χ1n) is 8.03. The molecule has 1 aromatic rings. The lowest BCUT2D eigenvalue weighted by Gasteiger charge is -2.20. The number of ether oxygens (including phenoxy) is 2. The Morgan fingerprint density at radius 2 is 2.00 bits per heavy atom. The average molecular weight is 366 g/mol. The van der Waals surface area contributed by atoms with Crippen LogP contribution in [0.4, 0.5) is 0 Å². The second-order valence-electron chi connectivity index (χ2n) is 6.98. The largest absolute Gasteiger partial charge is 0.462 e. The van der Waals surface area contributed by atoms with Gasteiger partial charge in [-0.2, -0.15) is 0 Å². The number of nitrogens with one attached hydrogen (secondary N) is 1. The minimum atomic E-state index is -1.46. The number of aromatic amines is 1. The smallest absolute Gasteiger partial charge is 0.330 e. The van der Waals surface area contributed by atoms with E-state index in [2.05, 4.69) is 16.8 Å². The maximum Gasteiger partial charge on any atom is 0.330 e. The van der Waals surface area contributed by atoms with Crippen LogP contribution < -0.4 is 11.2 Å². The molecule has 26 heavy (non-hydrogen) atoms. The van der Waals surface area contributed by atoms with Crippen LogP contribution in [0.3, 0.4) is 0 Å². The molecule has 1 saturated heterocycles. The molecule has 0 aromatic carbocycles. The van der Waals surface area contributed by atoms with Crippen molar-refractivity contribution in [3.05, 3.63) is 32.6 Å². The number of rotatable bonds is 3. The average Bonchev–Trinajstić information content (AvgIpc) is 2.82. The van der Waals surface area contributed by atoms with Crippen molar-refractivity contribution in [2.75, 3.05) is 6.61 Å². The number of aliphatic hydroxyl groups excluding tert-OH is 2. The summed E-state index contributed by atoms with van der Waals surface area (Å²) >= 11 is 0. The number of H-pyrrole nitrogens is 1. The van der Waals surface area contributed by atoms with Crippen LogP contribution in [0, 0.1) is 17.3 Å². The van der Waals surface area contributed by atoms with E-state index >= 15 is 0 Å². The van der Waals surface area contributed by atoms with Gasteiger partial charge in [-0.05, 0) is 27.7 Å². The molecule has 1 aromatic heterocycles. The molecule has 0 amide bonds. The SMILES string of the molecule is CC#Cc1cn(C2O[C@H](COC(=O)C(C)(C)C)[C@@H](O)[C@@H]2O)c(=O)[nH]c1=O. The summed E-state index contributed by atoms with van der Waals surface area (Å²) in [6.45, 7) is 6.27. The topological polar surface area (TPSA) is 131 Å². The van der Waals surface area contributed by atoms with Crippen LogP contribution in [0.1, 0.15) is 39.5 Å². The minimum Gasteiger partial charge on any atom is -0.462 e. The van der Waals surface area contributed by atoms with Gasteiger partial charge in [0.15, 0.2) is 6.23 Å². The first kappa shape index (κ1) is 19.9. The van der Waals surface area contributed by atoms with Crippen LogP contribution in [-0.4, -0.2) is 50.7 Å². The maximum atomic E-state index is 12.0. The summed E-state index contributed by atoms with van der Waals surface area (Å²) in [5, 5.41) is 20.4. The van der Waals surface area contributed by atoms with Gasteiger partial charge < -0.3 is 19.7 Å². The Kier molecular flexibility index (Phi) is 5.71. The fraction of sp³-hybridized carbons (Fsp3) is 0.588. The highest BCUT2D eigenvalue weighted by molar-refractivity contribution is 5.75. The molecule has 2 heterocycles. The third kappa shape index (κ3) is 4.04. The number of nitrogens with zero attached hydrogens (tertiary/aromatic N) is 1. The van der Waals surface area contributed by atoms with Crippen molar-refractivity contribution in [2.24, 2.45) is 5.41 Å². The Hall–Kier alpha value is -2.41. The number of hydrogen-bond donors (Lipinski definition) is 3. The second-order valence-corrected chi connectivity index (χ2v) is 6.98. The van der Waals surface area contributed by atoms with Crippen molar-refractivity contribution < 1.29 is 24.5 Å². The van der Waals surface area contributed by atoms with Crippen molar-refractivity contribution in [1.29, 1.82) is 0 Å². The Labute approximate surface area is 149 Å². The normalized spacial score (nSPS) is 25.5. The highest BCUT2D eigenvalue weighted by Gasteiger charge is 2.45. The van der Waals surface area contributed by atoms with E-state index < -0.39 is 47.2 Å². The van der Waals surface area contributed by atoms with E-state index in [4.69, 9.17) is 9.47 Å². The van der Waals surface area contributed by atoms with Crippen molar-refractivity contribution in [3.8, 4) is 11.8 Å². The molecule has 0 radical (unpaired) electrons. The molecule has 9 heteroatoms. The lowest BCUT2D eigenvalue weighted by Crippen LogP contribution is -2.38.